The van der Waals surface area contributed by atoms with Crippen molar-refractivity contribution in [2.45, 2.75) is 113 Å². The molecular formula is C63H66O11S. The number of rotatable bonds is 26. The summed E-state index contributed by atoms with van der Waals surface area (Å²) >= 11 is 1.42. The first-order chi connectivity index (χ1) is 37.0. The maximum atomic E-state index is 12.7. The standard InChI is InChI=1S/C63H66O11S/c1-46(64)66-45-55-57(68-39-49-27-13-4-14-28-49)59(70-41-51-31-17-6-18-32-51)61(72-43-53-35-21-8-22-36-53)63(74-55)75-62-60(71-42-52-33-19-7-20-34-52)58(69-40-50-29-15-5-16-30-50)56(67-38-48-25-11-3-12-26-48)54(73-62)44-65-37-47-23-9-2-10-24-47/h2-36,54-63H,37-45H2,1H3/t54-,55-,56-,57-,58+,59+,60-,61-,62-,63-/m1/s1. The van der Waals surface area contributed by atoms with Crippen molar-refractivity contribution < 1.29 is 52.2 Å². The monoisotopic (exact) mass is 1030 g/mol. The van der Waals surface area contributed by atoms with Gasteiger partial charge in [-0.1, -0.05) is 224 Å². The summed E-state index contributed by atoms with van der Waals surface area (Å²) < 4.78 is 69.2. The van der Waals surface area contributed by atoms with E-state index in [9.17, 15) is 4.79 Å². The summed E-state index contributed by atoms with van der Waals surface area (Å²) in [6.45, 7) is 3.38. The van der Waals surface area contributed by atoms with Gasteiger partial charge in [0.25, 0.3) is 0 Å². The summed E-state index contributed by atoms with van der Waals surface area (Å²) in [5.74, 6) is -0.447. The summed E-state index contributed by atoms with van der Waals surface area (Å²) in [5, 5.41) is 0. The lowest BCUT2D eigenvalue weighted by Gasteiger charge is -2.49. The molecule has 0 radical (unpaired) electrons. The van der Waals surface area contributed by atoms with Crippen molar-refractivity contribution in [1.82, 2.24) is 0 Å². The molecule has 390 valence electrons. The van der Waals surface area contributed by atoms with Crippen LogP contribution in [0, 0.1) is 0 Å². The molecule has 0 aromatic heterocycles. The first kappa shape index (κ1) is 53.8. The first-order valence-electron chi connectivity index (χ1n) is 25.7. The Morgan fingerprint density at radius 3 is 0.893 bits per heavy atom. The highest BCUT2D eigenvalue weighted by atomic mass is 32.2. The Hall–Kier alpha value is -6.00. The molecule has 0 aliphatic carbocycles. The number of thioether (sulfide) groups is 1. The number of esters is 1. The van der Waals surface area contributed by atoms with E-state index in [1.165, 1.54) is 18.7 Å². The summed E-state index contributed by atoms with van der Waals surface area (Å²) in [4.78, 5) is 12.7. The van der Waals surface area contributed by atoms with Gasteiger partial charge in [0.05, 0.1) is 52.9 Å². The van der Waals surface area contributed by atoms with E-state index in [0.29, 0.717) is 13.2 Å². The molecule has 2 aliphatic heterocycles. The van der Waals surface area contributed by atoms with Gasteiger partial charge < -0.3 is 47.4 Å². The van der Waals surface area contributed by atoms with Crippen LogP contribution in [-0.4, -0.2) is 78.9 Å². The molecule has 0 unspecified atom stereocenters. The third-order valence-corrected chi connectivity index (χ3v) is 14.3. The number of hydrogen-bond acceptors (Lipinski definition) is 12. The lowest BCUT2D eigenvalue weighted by molar-refractivity contribution is -0.261. The second kappa shape index (κ2) is 28.8. The predicted molar refractivity (Wildman–Crippen MR) is 288 cm³/mol. The fourth-order valence-corrected chi connectivity index (χ4v) is 10.6. The highest BCUT2D eigenvalue weighted by molar-refractivity contribution is 8.00. The molecule has 0 spiro atoms. The summed E-state index contributed by atoms with van der Waals surface area (Å²) in [7, 11) is 0. The van der Waals surface area contributed by atoms with E-state index in [2.05, 4.69) is 0 Å². The zero-order valence-corrected chi connectivity index (χ0v) is 43.1. The minimum atomic E-state index is -0.804. The third-order valence-electron chi connectivity index (χ3n) is 13.0. The molecule has 12 heteroatoms. The quantitative estimate of drug-likeness (QED) is 0.0482. The van der Waals surface area contributed by atoms with E-state index in [0.717, 1.165) is 38.9 Å². The first-order valence-corrected chi connectivity index (χ1v) is 26.6. The van der Waals surface area contributed by atoms with Gasteiger partial charge >= 0.3 is 5.97 Å². The van der Waals surface area contributed by atoms with Crippen LogP contribution in [0.25, 0.3) is 0 Å². The smallest absolute Gasteiger partial charge is 0.302 e. The number of hydrogen-bond donors (Lipinski definition) is 0. The maximum Gasteiger partial charge on any atom is 0.302 e. The van der Waals surface area contributed by atoms with Crippen LogP contribution in [0.1, 0.15) is 45.9 Å². The van der Waals surface area contributed by atoms with Crippen LogP contribution in [0.4, 0.5) is 0 Å². The van der Waals surface area contributed by atoms with Crippen molar-refractivity contribution in [1.29, 1.82) is 0 Å². The Labute approximate surface area is 445 Å². The predicted octanol–water partition coefficient (Wildman–Crippen LogP) is 11.5. The lowest BCUT2D eigenvalue weighted by atomic mass is 9.98. The van der Waals surface area contributed by atoms with Gasteiger partial charge in [-0.05, 0) is 38.9 Å². The molecule has 75 heavy (non-hydrogen) atoms. The van der Waals surface area contributed by atoms with Crippen LogP contribution in [-0.2, 0) is 98.4 Å². The van der Waals surface area contributed by atoms with Crippen molar-refractivity contribution in [3.05, 3.63) is 251 Å². The fourth-order valence-electron chi connectivity index (χ4n) is 9.18. The Morgan fingerprint density at radius 2 is 0.600 bits per heavy atom. The second-order valence-corrected chi connectivity index (χ2v) is 19.8. The van der Waals surface area contributed by atoms with Gasteiger partial charge in [-0.3, -0.25) is 4.79 Å². The molecular weight excluding hydrogens is 965 g/mol. The van der Waals surface area contributed by atoms with E-state index in [4.69, 9.17) is 47.4 Å². The summed E-state index contributed by atoms with van der Waals surface area (Å²) in [6, 6.07) is 70.3. The van der Waals surface area contributed by atoms with Crippen LogP contribution < -0.4 is 0 Å². The maximum absolute atomic E-state index is 12.7. The van der Waals surface area contributed by atoms with Gasteiger partial charge in [-0.15, -0.1) is 0 Å². The summed E-state index contributed by atoms with van der Waals surface area (Å²) in [5.41, 5.74) is 5.32. The average Bonchev–Trinajstić information content (AvgIpc) is 3.46. The van der Waals surface area contributed by atoms with Crippen LogP contribution in [0.15, 0.2) is 212 Å². The van der Waals surface area contributed by atoms with Crippen LogP contribution in [0.3, 0.4) is 0 Å². The molecule has 7 aromatic carbocycles. The van der Waals surface area contributed by atoms with Crippen LogP contribution in [0.5, 0.6) is 0 Å². The molecule has 2 heterocycles. The molecule has 7 aromatic rings. The highest BCUT2D eigenvalue weighted by Crippen LogP contribution is 2.43. The summed E-state index contributed by atoms with van der Waals surface area (Å²) in [6.07, 6.45) is -5.80. The number of benzene rings is 7. The number of carbonyl (C=O) groups is 1. The Balaban J connectivity index is 1.11. The van der Waals surface area contributed by atoms with Crippen LogP contribution in [0.2, 0.25) is 0 Å². The molecule has 10 atom stereocenters. The molecule has 0 N–H and O–H groups in total. The van der Waals surface area contributed by atoms with E-state index < -0.39 is 65.7 Å². The third kappa shape index (κ3) is 16.3. The van der Waals surface area contributed by atoms with Crippen LogP contribution >= 0.6 is 11.8 Å². The lowest BCUT2D eigenvalue weighted by Crippen LogP contribution is -2.63. The Morgan fingerprint density at radius 1 is 0.347 bits per heavy atom. The SMILES string of the molecule is CC(=O)OC[C@H]1O[C@H](S[C@H]2O[C@H](COCc3ccccc3)[C@@H](OCc3ccccc3)[C@H](OCc3ccccc3)[C@H]2OCc2ccccc2)[C@H](OCc2ccccc2)[C@@H](OCc2ccccc2)[C@@H]1OCc1ccccc1. The molecule has 2 aliphatic rings. The van der Waals surface area contributed by atoms with E-state index >= 15 is 0 Å². The average molecular weight is 1030 g/mol. The second-order valence-electron chi connectivity index (χ2n) is 18.6. The minimum Gasteiger partial charge on any atom is -0.463 e. The Bertz CT molecular complexity index is 2680. The van der Waals surface area contributed by atoms with Crippen molar-refractivity contribution in [3.8, 4) is 0 Å². The van der Waals surface area contributed by atoms with Gasteiger partial charge in [-0.25, -0.2) is 0 Å². The van der Waals surface area contributed by atoms with Crippen molar-refractivity contribution in [3.63, 3.8) is 0 Å². The number of ether oxygens (including phenoxy) is 10. The fraction of sp³-hybridized carbons (Fsp3) is 0.317. The van der Waals surface area contributed by atoms with Gasteiger partial charge in [-0.2, -0.15) is 0 Å². The van der Waals surface area contributed by atoms with Crippen molar-refractivity contribution in [2.24, 2.45) is 0 Å². The van der Waals surface area contributed by atoms with Gasteiger partial charge in [0, 0.05) is 6.92 Å². The molecule has 0 amide bonds. The molecule has 9 rings (SSSR count). The van der Waals surface area contributed by atoms with Gasteiger partial charge in [0.2, 0.25) is 0 Å². The van der Waals surface area contributed by atoms with E-state index in [-0.39, 0.29) is 46.2 Å². The highest BCUT2D eigenvalue weighted by Gasteiger charge is 2.54. The molecule has 2 fully saturated rings. The Kier molecular flexibility index (Phi) is 20.6. The molecule has 11 nitrogen and oxygen atoms in total. The molecule has 0 saturated carbocycles. The normalized spacial score (nSPS) is 23.6. The van der Waals surface area contributed by atoms with Crippen molar-refractivity contribution >= 4 is 17.7 Å². The topological polar surface area (TPSA) is 109 Å². The van der Waals surface area contributed by atoms with Crippen molar-refractivity contribution in [2.75, 3.05) is 13.2 Å². The van der Waals surface area contributed by atoms with E-state index in [1.807, 2.05) is 212 Å². The largest absolute Gasteiger partial charge is 0.463 e. The minimum absolute atomic E-state index is 0.101. The molecule has 2 saturated heterocycles. The zero-order chi connectivity index (χ0) is 51.3. The molecule has 0 bridgehead atoms. The van der Waals surface area contributed by atoms with E-state index in [1.54, 1.807) is 0 Å². The van der Waals surface area contributed by atoms with Gasteiger partial charge in [0.15, 0.2) is 0 Å². The van der Waals surface area contributed by atoms with Gasteiger partial charge in [0.1, 0.15) is 66.3 Å². The zero-order valence-electron chi connectivity index (χ0n) is 42.2. The number of carbonyl (C=O) groups excluding carboxylic acids is 1.